The van der Waals surface area contributed by atoms with E-state index in [1.54, 1.807) is 11.1 Å². The number of rotatable bonds is 3. The van der Waals surface area contributed by atoms with Gasteiger partial charge in [-0.3, -0.25) is 0 Å². The molecule has 0 saturated carbocycles. The van der Waals surface area contributed by atoms with E-state index in [0.717, 1.165) is 13.0 Å². The van der Waals surface area contributed by atoms with Gasteiger partial charge in [-0.1, -0.05) is 6.07 Å². The molecule has 2 heterocycles. The molecule has 2 rings (SSSR count). The summed E-state index contributed by atoms with van der Waals surface area (Å²) >= 11 is 0. The van der Waals surface area contributed by atoms with Gasteiger partial charge < -0.3 is 15.0 Å². The van der Waals surface area contributed by atoms with Crippen molar-refractivity contribution < 1.29 is 9.53 Å². The molecule has 0 aliphatic carbocycles. The summed E-state index contributed by atoms with van der Waals surface area (Å²) < 4.78 is 5.73. The standard InChI is InChI=1S/C13H19N3O2/c1-10(2)15-13(17)16-8-6-11(9-16)18-12-5-3-4-7-14-12/h3-5,7,10-11H,6,8-9H2,1-2H3,(H,15,17). The first-order valence-corrected chi connectivity index (χ1v) is 6.28. The Morgan fingerprint density at radius 1 is 1.56 bits per heavy atom. The van der Waals surface area contributed by atoms with Gasteiger partial charge in [0.25, 0.3) is 0 Å². The number of nitrogens with zero attached hydrogens (tertiary/aromatic N) is 2. The number of pyridine rings is 1. The average molecular weight is 249 g/mol. The number of aromatic nitrogens is 1. The third-order valence-corrected chi connectivity index (χ3v) is 2.77. The Balaban J connectivity index is 1.83. The van der Waals surface area contributed by atoms with Crippen molar-refractivity contribution in [2.24, 2.45) is 0 Å². The summed E-state index contributed by atoms with van der Waals surface area (Å²) in [5.74, 6) is 0.619. The van der Waals surface area contributed by atoms with Crippen molar-refractivity contribution in [3.05, 3.63) is 24.4 Å². The summed E-state index contributed by atoms with van der Waals surface area (Å²) in [6, 6.07) is 5.71. The molecule has 1 aromatic heterocycles. The lowest BCUT2D eigenvalue weighted by Crippen LogP contribution is -2.42. The quantitative estimate of drug-likeness (QED) is 0.886. The van der Waals surface area contributed by atoms with Crippen LogP contribution in [0.25, 0.3) is 0 Å². The maximum Gasteiger partial charge on any atom is 0.317 e. The first-order chi connectivity index (χ1) is 8.65. The molecule has 1 fully saturated rings. The fourth-order valence-corrected chi connectivity index (χ4v) is 1.93. The minimum Gasteiger partial charge on any atom is -0.472 e. The van der Waals surface area contributed by atoms with E-state index in [4.69, 9.17) is 4.74 Å². The number of hydrogen-bond donors (Lipinski definition) is 1. The number of hydrogen-bond acceptors (Lipinski definition) is 3. The molecule has 2 amide bonds. The van der Waals surface area contributed by atoms with Crippen LogP contribution < -0.4 is 10.1 Å². The molecule has 1 aromatic rings. The second-order valence-electron chi connectivity index (χ2n) is 4.75. The highest BCUT2D eigenvalue weighted by Gasteiger charge is 2.27. The minimum absolute atomic E-state index is 0.0166. The van der Waals surface area contributed by atoms with Gasteiger partial charge in [-0.2, -0.15) is 0 Å². The monoisotopic (exact) mass is 249 g/mol. The van der Waals surface area contributed by atoms with Gasteiger partial charge in [0.05, 0.1) is 6.54 Å². The van der Waals surface area contributed by atoms with Gasteiger partial charge in [-0.15, -0.1) is 0 Å². The van der Waals surface area contributed by atoms with Crippen LogP contribution in [0.5, 0.6) is 5.88 Å². The highest BCUT2D eigenvalue weighted by molar-refractivity contribution is 5.74. The molecule has 1 aliphatic heterocycles. The van der Waals surface area contributed by atoms with Gasteiger partial charge in [-0.25, -0.2) is 9.78 Å². The summed E-state index contributed by atoms with van der Waals surface area (Å²) in [5, 5.41) is 2.88. The highest BCUT2D eigenvalue weighted by Crippen LogP contribution is 2.16. The number of amides is 2. The smallest absolute Gasteiger partial charge is 0.317 e. The van der Waals surface area contributed by atoms with Crippen LogP contribution in [0.1, 0.15) is 20.3 Å². The second kappa shape index (κ2) is 5.71. The van der Waals surface area contributed by atoms with Gasteiger partial charge in [0.1, 0.15) is 6.10 Å². The summed E-state index contributed by atoms with van der Waals surface area (Å²) in [5.41, 5.74) is 0. The summed E-state index contributed by atoms with van der Waals surface area (Å²) in [6.45, 7) is 5.26. The molecule has 0 spiro atoms. The number of urea groups is 1. The van der Waals surface area contributed by atoms with Crippen molar-refractivity contribution in [2.75, 3.05) is 13.1 Å². The number of likely N-dealkylation sites (tertiary alicyclic amines) is 1. The summed E-state index contributed by atoms with van der Waals surface area (Å²) in [4.78, 5) is 17.7. The van der Waals surface area contributed by atoms with Crippen LogP contribution in [-0.2, 0) is 0 Å². The first kappa shape index (κ1) is 12.7. The molecule has 1 aliphatic rings. The fourth-order valence-electron chi connectivity index (χ4n) is 1.93. The van der Waals surface area contributed by atoms with Crippen LogP contribution >= 0.6 is 0 Å². The number of ether oxygens (including phenoxy) is 1. The molecule has 5 nitrogen and oxygen atoms in total. The van der Waals surface area contributed by atoms with Crippen LogP contribution in [0.4, 0.5) is 4.79 Å². The van der Waals surface area contributed by atoms with Crippen LogP contribution in [-0.4, -0.2) is 41.2 Å². The molecule has 1 unspecified atom stereocenters. The first-order valence-electron chi connectivity index (χ1n) is 6.28. The van der Waals surface area contributed by atoms with E-state index in [2.05, 4.69) is 10.3 Å². The van der Waals surface area contributed by atoms with E-state index < -0.39 is 0 Å². The maximum atomic E-state index is 11.8. The van der Waals surface area contributed by atoms with E-state index in [1.165, 1.54) is 0 Å². The molecule has 98 valence electrons. The lowest BCUT2D eigenvalue weighted by Gasteiger charge is -2.19. The van der Waals surface area contributed by atoms with Crippen molar-refractivity contribution in [1.82, 2.24) is 15.2 Å². The predicted octanol–water partition coefficient (Wildman–Crippen LogP) is 1.65. The molecule has 1 N–H and O–H groups in total. The Bertz CT molecular complexity index is 394. The Kier molecular flexibility index (Phi) is 4.02. The van der Waals surface area contributed by atoms with Gasteiger partial charge in [0.2, 0.25) is 5.88 Å². The van der Waals surface area contributed by atoms with E-state index in [1.807, 2.05) is 32.0 Å². The van der Waals surface area contributed by atoms with Gasteiger partial charge in [-0.05, 0) is 19.9 Å². The minimum atomic E-state index is -0.0166. The molecule has 18 heavy (non-hydrogen) atoms. The van der Waals surface area contributed by atoms with E-state index in [-0.39, 0.29) is 18.2 Å². The number of nitrogens with one attached hydrogen (secondary N) is 1. The van der Waals surface area contributed by atoms with Crippen molar-refractivity contribution in [2.45, 2.75) is 32.4 Å². The van der Waals surface area contributed by atoms with Crippen LogP contribution in [0.15, 0.2) is 24.4 Å². The van der Waals surface area contributed by atoms with Crippen molar-refractivity contribution in [1.29, 1.82) is 0 Å². The van der Waals surface area contributed by atoms with Crippen LogP contribution in [0.2, 0.25) is 0 Å². The second-order valence-corrected chi connectivity index (χ2v) is 4.75. The number of carbonyl (C=O) groups is 1. The molecular formula is C13H19N3O2. The van der Waals surface area contributed by atoms with Crippen molar-refractivity contribution in [3.8, 4) is 5.88 Å². The zero-order chi connectivity index (χ0) is 13.0. The lowest BCUT2D eigenvalue weighted by atomic mass is 10.3. The zero-order valence-corrected chi connectivity index (χ0v) is 10.8. The predicted molar refractivity (Wildman–Crippen MR) is 68.5 cm³/mol. The molecular weight excluding hydrogens is 230 g/mol. The van der Waals surface area contributed by atoms with Crippen LogP contribution in [0, 0.1) is 0 Å². The molecule has 1 saturated heterocycles. The highest BCUT2D eigenvalue weighted by atomic mass is 16.5. The molecule has 1 atom stereocenters. The van der Waals surface area contributed by atoms with Crippen molar-refractivity contribution in [3.63, 3.8) is 0 Å². The van der Waals surface area contributed by atoms with Crippen molar-refractivity contribution >= 4 is 6.03 Å². The maximum absolute atomic E-state index is 11.8. The summed E-state index contributed by atoms with van der Waals surface area (Å²) in [7, 11) is 0. The Labute approximate surface area is 107 Å². The van der Waals surface area contributed by atoms with E-state index >= 15 is 0 Å². The third-order valence-electron chi connectivity index (χ3n) is 2.77. The SMILES string of the molecule is CC(C)NC(=O)N1CCC(Oc2ccccn2)C1. The molecule has 0 aromatic carbocycles. The molecule has 5 heteroatoms. The van der Waals surface area contributed by atoms with Gasteiger partial charge in [0, 0.05) is 31.3 Å². The normalized spacial score (nSPS) is 19.1. The lowest BCUT2D eigenvalue weighted by molar-refractivity contribution is 0.182. The molecule has 0 bridgehead atoms. The molecule has 0 radical (unpaired) electrons. The zero-order valence-electron chi connectivity index (χ0n) is 10.8. The van der Waals surface area contributed by atoms with E-state index in [0.29, 0.717) is 12.4 Å². The fraction of sp³-hybridized carbons (Fsp3) is 0.538. The number of carbonyl (C=O) groups excluding carboxylic acids is 1. The topological polar surface area (TPSA) is 54.5 Å². The van der Waals surface area contributed by atoms with E-state index in [9.17, 15) is 4.79 Å². The Hall–Kier alpha value is -1.78. The largest absolute Gasteiger partial charge is 0.472 e. The van der Waals surface area contributed by atoms with Gasteiger partial charge >= 0.3 is 6.03 Å². The Morgan fingerprint density at radius 2 is 2.39 bits per heavy atom. The average Bonchev–Trinajstić information content (AvgIpc) is 2.78. The third kappa shape index (κ3) is 3.35. The van der Waals surface area contributed by atoms with Gasteiger partial charge in [0.15, 0.2) is 0 Å². The van der Waals surface area contributed by atoms with Crippen LogP contribution in [0.3, 0.4) is 0 Å². The Morgan fingerprint density at radius 3 is 3.06 bits per heavy atom. The summed E-state index contributed by atoms with van der Waals surface area (Å²) in [6.07, 6.45) is 2.59.